The second-order valence-electron chi connectivity index (χ2n) is 5.13. The van der Waals surface area contributed by atoms with Gasteiger partial charge in [0.25, 0.3) is 0 Å². The van der Waals surface area contributed by atoms with Crippen LogP contribution in [0.25, 0.3) is 0 Å². The Bertz CT molecular complexity index is 676. The quantitative estimate of drug-likeness (QED) is 0.766. The summed E-state index contributed by atoms with van der Waals surface area (Å²) < 4.78 is 11.5. The van der Waals surface area contributed by atoms with Gasteiger partial charge >= 0.3 is 5.97 Å². The monoisotopic (exact) mass is 377 g/mol. The number of morpholine rings is 1. The number of anilines is 1. The second-order valence-corrected chi connectivity index (χ2v) is 6.04. The molecule has 1 unspecified atom stereocenters. The number of rotatable bonds is 3. The van der Waals surface area contributed by atoms with Gasteiger partial charge < -0.3 is 14.4 Å². The van der Waals surface area contributed by atoms with Crippen molar-refractivity contribution in [1.82, 2.24) is 10.2 Å². The molecule has 1 saturated heterocycles. The highest BCUT2D eigenvalue weighted by Gasteiger charge is 2.23. The van der Waals surface area contributed by atoms with Crippen molar-refractivity contribution in [3.8, 4) is 0 Å². The van der Waals surface area contributed by atoms with E-state index in [4.69, 9.17) is 4.74 Å². The Morgan fingerprint density at radius 1 is 1.26 bits per heavy atom. The van der Waals surface area contributed by atoms with E-state index in [1.165, 1.54) is 7.11 Å². The van der Waals surface area contributed by atoms with Gasteiger partial charge in [-0.15, -0.1) is 10.2 Å². The molecule has 1 aliphatic rings. The molecule has 1 fully saturated rings. The average molecular weight is 378 g/mol. The molecule has 7 heteroatoms. The van der Waals surface area contributed by atoms with Gasteiger partial charge in [0.2, 0.25) is 0 Å². The first kappa shape index (κ1) is 15.9. The van der Waals surface area contributed by atoms with Gasteiger partial charge in [0, 0.05) is 17.6 Å². The number of carbonyl (C=O) groups excluding carboxylic acids is 1. The maximum absolute atomic E-state index is 11.4. The number of benzene rings is 1. The SMILES string of the molecule is COC(=O)c1ccc(N2CCOC(c3ccc(Br)cc3)C2)nn1. The lowest BCUT2D eigenvalue weighted by molar-refractivity contribution is 0.0394. The Kier molecular flexibility index (Phi) is 4.88. The first-order chi connectivity index (χ1) is 11.2. The molecule has 120 valence electrons. The van der Waals surface area contributed by atoms with Gasteiger partial charge in [-0.2, -0.15) is 0 Å². The molecule has 0 saturated carbocycles. The van der Waals surface area contributed by atoms with Crippen LogP contribution in [-0.2, 0) is 9.47 Å². The van der Waals surface area contributed by atoms with Gasteiger partial charge in [-0.05, 0) is 29.8 Å². The molecule has 6 nitrogen and oxygen atoms in total. The number of halogens is 1. The summed E-state index contributed by atoms with van der Waals surface area (Å²) in [6.45, 7) is 2.04. The molecular formula is C16H16BrN3O3. The van der Waals surface area contributed by atoms with Crippen molar-refractivity contribution in [1.29, 1.82) is 0 Å². The molecule has 23 heavy (non-hydrogen) atoms. The average Bonchev–Trinajstić information content (AvgIpc) is 2.62. The van der Waals surface area contributed by atoms with Crippen LogP contribution in [0.3, 0.4) is 0 Å². The Hall–Kier alpha value is -1.99. The topological polar surface area (TPSA) is 64.5 Å². The molecule has 1 aromatic carbocycles. The van der Waals surface area contributed by atoms with Crippen LogP contribution in [0, 0.1) is 0 Å². The summed E-state index contributed by atoms with van der Waals surface area (Å²) in [5, 5.41) is 8.05. The molecule has 0 radical (unpaired) electrons. The molecule has 3 rings (SSSR count). The molecule has 2 aromatic rings. The lowest BCUT2D eigenvalue weighted by Gasteiger charge is -2.33. The van der Waals surface area contributed by atoms with Crippen LogP contribution in [-0.4, -0.2) is 43.0 Å². The molecule has 1 atom stereocenters. The highest BCUT2D eigenvalue weighted by Crippen LogP contribution is 2.26. The van der Waals surface area contributed by atoms with E-state index in [1.807, 2.05) is 24.3 Å². The van der Waals surface area contributed by atoms with Crippen LogP contribution in [0.5, 0.6) is 0 Å². The number of aromatic nitrogens is 2. The maximum atomic E-state index is 11.4. The van der Waals surface area contributed by atoms with E-state index >= 15 is 0 Å². The lowest BCUT2D eigenvalue weighted by Crippen LogP contribution is -2.39. The summed E-state index contributed by atoms with van der Waals surface area (Å²) in [6, 6.07) is 11.5. The third-order valence-electron chi connectivity index (χ3n) is 3.68. The summed E-state index contributed by atoms with van der Waals surface area (Å²) in [7, 11) is 1.32. The molecule has 0 aliphatic carbocycles. The highest BCUT2D eigenvalue weighted by atomic mass is 79.9. The van der Waals surface area contributed by atoms with Gasteiger partial charge in [-0.1, -0.05) is 28.1 Å². The smallest absolute Gasteiger partial charge is 0.358 e. The zero-order valence-electron chi connectivity index (χ0n) is 12.6. The van der Waals surface area contributed by atoms with E-state index in [0.717, 1.165) is 22.4 Å². The number of carbonyl (C=O) groups is 1. The minimum Gasteiger partial charge on any atom is -0.464 e. The predicted octanol–water partition coefficient (Wildman–Crippen LogP) is 2.60. The van der Waals surface area contributed by atoms with Crippen molar-refractivity contribution in [3.63, 3.8) is 0 Å². The Morgan fingerprint density at radius 3 is 2.70 bits per heavy atom. The summed E-state index contributed by atoms with van der Waals surface area (Å²) >= 11 is 3.44. The van der Waals surface area contributed by atoms with Gasteiger partial charge in [-0.25, -0.2) is 4.79 Å². The first-order valence-corrected chi connectivity index (χ1v) is 8.01. The van der Waals surface area contributed by atoms with E-state index in [-0.39, 0.29) is 11.8 Å². The standard InChI is InChI=1S/C16H16BrN3O3/c1-22-16(21)13-6-7-15(19-18-13)20-8-9-23-14(10-20)11-2-4-12(17)5-3-11/h2-7,14H,8-10H2,1H3. The van der Waals surface area contributed by atoms with E-state index in [1.54, 1.807) is 12.1 Å². The highest BCUT2D eigenvalue weighted by molar-refractivity contribution is 9.10. The molecule has 0 amide bonds. The Labute approximate surface area is 142 Å². The fraction of sp³-hybridized carbons (Fsp3) is 0.312. The summed E-state index contributed by atoms with van der Waals surface area (Å²) in [5.41, 5.74) is 1.33. The van der Waals surface area contributed by atoms with Gasteiger partial charge in [0.15, 0.2) is 11.5 Å². The number of esters is 1. The number of methoxy groups -OCH3 is 1. The van der Waals surface area contributed by atoms with Crippen molar-refractivity contribution in [2.45, 2.75) is 6.10 Å². The number of nitrogens with zero attached hydrogens (tertiary/aromatic N) is 3. The van der Waals surface area contributed by atoms with Crippen LogP contribution in [0.2, 0.25) is 0 Å². The van der Waals surface area contributed by atoms with Crippen LogP contribution >= 0.6 is 15.9 Å². The van der Waals surface area contributed by atoms with Crippen molar-refractivity contribution < 1.29 is 14.3 Å². The molecular weight excluding hydrogens is 362 g/mol. The van der Waals surface area contributed by atoms with Gasteiger partial charge in [-0.3, -0.25) is 0 Å². The van der Waals surface area contributed by atoms with Gasteiger partial charge in [0.05, 0.1) is 13.7 Å². The molecule has 0 N–H and O–H groups in total. The minimum atomic E-state index is -0.487. The number of hydrogen-bond donors (Lipinski definition) is 0. The molecule has 1 aromatic heterocycles. The summed E-state index contributed by atoms with van der Waals surface area (Å²) in [6.07, 6.45) is -0.0149. The maximum Gasteiger partial charge on any atom is 0.358 e. The second kappa shape index (κ2) is 7.06. The zero-order valence-corrected chi connectivity index (χ0v) is 14.2. The van der Waals surface area contributed by atoms with E-state index < -0.39 is 5.97 Å². The number of ether oxygens (including phenoxy) is 2. The number of hydrogen-bond acceptors (Lipinski definition) is 6. The zero-order chi connectivity index (χ0) is 16.2. The van der Waals surface area contributed by atoms with Crippen LogP contribution in [0.15, 0.2) is 40.9 Å². The molecule has 2 heterocycles. The van der Waals surface area contributed by atoms with E-state index in [0.29, 0.717) is 13.2 Å². The van der Waals surface area contributed by atoms with Crippen LogP contribution in [0.1, 0.15) is 22.2 Å². The van der Waals surface area contributed by atoms with E-state index in [9.17, 15) is 4.79 Å². The predicted molar refractivity (Wildman–Crippen MR) is 88.4 cm³/mol. The fourth-order valence-corrected chi connectivity index (χ4v) is 2.71. The third kappa shape index (κ3) is 3.68. The normalized spacial score (nSPS) is 17.8. The largest absolute Gasteiger partial charge is 0.464 e. The fourth-order valence-electron chi connectivity index (χ4n) is 2.44. The molecule has 0 bridgehead atoms. The molecule has 1 aliphatic heterocycles. The van der Waals surface area contributed by atoms with Crippen LogP contribution in [0.4, 0.5) is 5.82 Å². The van der Waals surface area contributed by atoms with Crippen LogP contribution < -0.4 is 4.90 Å². The van der Waals surface area contributed by atoms with Gasteiger partial charge in [0.1, 0.15) is 6.10 Å². The van der Waals surface area contributed by atoms with Crippen molar-refractivity contribution in [2.24, 2.45) is 0 Å². The first-order valence-electron chi connectivity index (χ1n) is 7.21. The third-order valence-corrected chi connectivity index (χ3v) is 4.21. The summed E-state index contributed by atoms with van der Waals surface area (Å²) in [4.78, 5) is 13.5. The minimum absolute atomic E-state index is 0.0149. The van der Waals surface area contributed by atoms with Crippen molar-refractivity contribution in [3.05, 3.63) is 52.1 Å². The molecule has 0 spiro atoms. The van der Waals surface area contributed by atoms with E-state index in [2.05, 4.69) is 35.8 Å². The summed E-state index contributed by atoms with van der Waals surface area (Å²) in [5.74, 6) is 0.238. The lowest BCUT2D eigenvalue weighted by atomic mass is 10.1. The Balaban J connectivity index is 1.73. The Morgan fingerprint density at radius 2 is 2.04 bits per heavy atom. The van der Waals surface area contributed by atoms with Crippen molar-refractivity contribution >= 4 is 27.7 Å². The van der Waals surface area contributed by atoms with Crippen molar-refractivity contribution in [2.75, 3.05) is 31.7 Å².